The third-order valence-electron chi connectivity index (χ3n) is 6.02. The van der Waals surface area contributed by atoms with Crippen molar-refractivity contribution in [2.45, 2.75) is 37.8 Å². The molecule has 3 atom stereocenters. The summed E-state index contributed by atoms with van der Waals surface area (Å²) in [6.45, 7) is 2.11. The van der Waals surface area contributed by atoms with Crippen LogP contribution in [0.3, 0.4) is 0 Å². The van der Waals surface area contributed by atoms with E-state index in [0.717, 1.165) is 16.8 Å². The van der Waals surface area contributed by atoms with Crippen molar-refractivity contribution in [1.29, 1.82) is 0 Å². The van der Waals surface area contributed by atoms with Gasteiger partial charge in [-0.05, 0) is 25.0 Å². The number of hydrogen-bond acceptors (Lipinski definition) is 7. The molecule has 4 N–H and O–H groups in total. The quantitative estimate of drug-likeness (QED) is 0.341. The van der Waals surface area contributed by atoms with E-state index < -0.39 is 31.1 Å². The van der Waals surface area contributed by atoms with E-state index in [1.165, 1.54) is 6.92 Å². The number of aromatic nitrogens is 2. The predicted octanol–water partition coefficient (Wildman–Crippen LogP) is 0.966. The Balaban J connectivity index is 1.48. The molecule has 3 aromatic rings. The van der Waals surface area contributed by atoms with Gasteiger partial charge in [0.05, 0.1) is 11.6 Å². The molecule has 1 aliphatic rings. The van der Waals surface area contributed by atoms with E-state index in [1.54, 1.807) is 6.20 Å². The maximum atomic E-state index is 13.2. The van der Waals surface area contributed by atoms with Crippen molar-refractivity contribution in [2.75, 3.05) is 11.4 Å². The molecule has 10 heteroatoms. The SMILES string of the molecule is CC(NC(=O)[C@H](Cc1ccccc1)NC(=O)[C@@H]1CCN1c1nccc(-c2ccccc2)n1)B(O)O. The second kappa shape index (κ2) is 11.1. The summed E-state index contributed by atoms with van der Waals surface area (Å²) in [5.74, 6) is -1.22. The smallest absolute Gasteiger partial charge is 0.426 e. The topological polar surface area (TPSA) is 128 Å². The van der Waals surface area contributed by atoms with Gasteiger partial charge in [0, 0.05) is 24.7 Å². The summed E-state index contributed by atoms with van der Waals surface area (Å²) < 4.78 is 0. The number of rotatable bonds is 9. The molecule has 0 saturated carbocycles. The molecule has 35 heavy (non-hydrogen) atoms. The maximum absolute atomic E-state index is 13.2. The summed E-state index contributed by atoms with van der Waals surface area (Å²) >= 11 is 0. The molecule has 1 aliphatic heterocycles. The first-order valence-corrected chi connectivity index (χ1v) is 11.6. The van der Waals surface area contributed by atoms with Gasteiger partial charge >= 0.3 is 7.12 Å². The fourth-order valence-electron chi connectivity index (χ4n) is 3.88. The minimum Gasteiger partial charge on any atom is -0.426 e. The van der Waals surface area contributed by atoms with Crippen molar-refractivity contribution in [2.24, 2.45) is 0 Å². The van der Waals surface area contributed by atoms with E-state index >= 15 is 0 Å². The van der Waals surface area contributed by atoms with Crippen molar-refractivity contribution < 1.29 is 19.6 Å². The van der Waals surface area contributed by atoms with Gasteiger partial charge in [0.15, 0.2) is 0 Å². The fourth-order valence-corrected chi connectivity index (χ4v) is 3.88. The zero-order chi connectivity index (χ0) is 24.8. The third-order valence-corrected chi connectivity index (χ3v) is 6.02. The molecule has 1 fully saturated rings. The van der Waals surface area contributed by atoms with Crippen molar-refractivity contribution in [3.8, 4) is 11.3 Å². The molecule has 0 aliphatic carbocycles. The van der Waals surface area contributed by atoms with Crippen LogP contribution >= 0.6 is 0 Å². The van der Waals surface area contributed by atoms with E-state index in [9.17, 15) is 19.6 Å². The molecule has 0 radical (unpaired) electrons. The van der Waals surface area contributed by atoms with E-state index in [4.69, 9.17) is 0 Å². The molecule has 9 nitrogen and oxygen atoms in total. The fraction of sp³-hybridized carbons (Fsp3) is 0.280. The highest BCUT2D eigenvalue weighted by molar-refractivity contribution is 6.43. The number of carbonyl (C=O) groups excluding carboxylic acids is 2. The van der Waals surface area contributed by atoms with Crippen LogP contribution in [0.4, 0.5) is 5.95 Å². The van der Waals surface area contributed by atoms with Gasteiger partial charge in [-0.15, -0.1) is 0 Å². The summed E-state index contributed by atoms with van der Waals surface area (Å²) in [6, 6.07) is 19.5. The number of nitrogens with zero attached hydrogens (tertiary/aromatic N) is 3. The maximum Gasteiger partial charge on any atom is 0.475 e. The molecule has 4 rings (SSSR count). The van der Waals surface area contributed by atoms with E-state index in [0.29, 0.717) is 18.9 Å². The second-order valence-corrected chi connectivity index (χ2v) is 8.57. The van der Waals surface area contributed by atoms with Gasteiger partial charge < -0.3 is 25.6 Å². The highest BCUT2D eigenvalue weighted by Gasteiger charge is 2.38. The Bertz CT molecular complexity index is 1150. The van der Waals surface area contributed by atoms with Gasteiger partial charge in [0.1, 0.15) is 12.1 Å². The first-order valence-electron chi connectivity index (χ1n) is 11.6. The summed E-state index contributed by atoms with van der Waals surface area (Å²) in [4.78, 5) is 36.9. The average molecular weight is 473 g/mol. The van der Waals surface area contributed by atoms with Crippen LogP contribution in [0.15, 0.2) is 72.9 Å². The van der Waals surface area contributed by atoms with Gasteiger partial charge in [0.2, 0.25) is 17.8 Å². The zero-order valence-electron chi connectivity index (χ0n) is 19.4. The number of anilines is 1. The number of nitrogens with one attached hydrogen (secondary N) is 2. The molecule has 2 amide bonds. The van der Waals surface area contributed by atoms with Crippen LogP contribution in [0.2, 0.25) is 0 Å². The van der Waals surface area contributed by atoms with E-state index in [2.05, 4.69) is 20.6 Å². The van der Waals surface area contributed by atoms with Crippen LogP contribution < -0.4 is 15.5 Å². The van der Waals surface area contributed by atoms with Crippen LogP contribution in [0.25, 0.3) is 11.3 Å². The van der Waals surface area contributed by atoms with Crippen LogP contribution in [0.1, 0.15) is 18.9 Å². The van der Waals surface area contributed by atoms with Crippen LogP contribution in [-0.2, 0) is 16.0 Å². The first kappa shape index (κ1) is 24.4. The lowest BCUT2D eigenvalue weighted by atomic mass is 9.81. The van der Waals surface area contributed by atoms with Crippen molar-refractivity contribution >= 4 is 24.9 Å². The molecule has 0 bridgehead atoms. The second-order valence-electron chi connectivity index (χ2n) is 8.57. The van der Waals surface area contributed by atoms with Gasteiger partial charge in [-0.3, -0.25) is 9.59 Å². The minimum absolute atomic E-state index is 0.263. The summed E-state index contributed by atoms with van der Waals surface area (Å²) in [5.41, 5.74) is 2.59. The van der Waals surface area contributed by atoms with Gasteiger partial charge in [-0.2, -0.15) is 0 Å². The van der Waals surface area contributed by atoms with Crippen LogP contribution in [0.5, 0.6) is 0 Å². The molecular weight excluding hydrogens is 445 g/mol. The summed E-state index contributed by atoms with van der Waals surface area (Å²) in [5, 5.41) is 24.1. The van der Waals surface area contributed by atoms with Crippen LogP contribution in [0, 0.1) is 0 Å². The normalized spacial score (nSPS) is 16.5. The largest absolute Gasteiger partial charge is 0.475 e. The molecule has 2 aromatic carbocycles. The van der Waals surface area contributed by atoms with Crippen molar-refractivity contribution in [3.63, 3.8) is 0 Å². The van der Waals surface area contributed by atoms with Crippen molar-refractivity contribution in [1.82, 2.24) is 20.6 Å². The number of hydrogen-bond donors (Lipinski definition) is 4. The number of amides is 2. The molecular formula is C25H28BN5O4. The van der Waals surface area contributed by atoms with E-state index in [1.807, 2.05) is 71.6 Å². The first-order chi connectivity index (χ1) is 16.9. The van der Waals surface area contributed by atoms with Crippen molar-refractivity contribution in [3.05, 3.63) is 78.5 Å². The zero-order valence-corrected chi connectivity index (χ0v) is 19.4. The monoisotopic (exact) mass is 473 g/mol. The number of carbonyl (C=O) groups is 2. The van der Waals surface area contributed by atoms with Gasteiger partial charge in [0.25, 0.3) is 0 Å². The summed E-state index contributed by atoms with van der Waals surface area (Å²) in [7, 11) is -1.71. The molecule has 180 valence electrons. The Morgan fingerprint density at radius 3 is 2.37 bits per heavy atom. The van der Waals surface area contributed by atoms with Gasteiger partial charge in [-0.1, -0.05) is 60.7 Å². The Hall–Kier alpha value is -3.76. The predicted molar refractivity (Wildman–Crippen MR) is 133 cm³/mol. The summed E-state index contributed by atoms with van der Waals surface area (Å²) in [6.07, 6.45) is 2.54. The average Bonchev–Trinajstić information content (AvgIpc) is 2.84. The molecule has 1 aromatic heterocycles. The highest BCUT2D eigenvalue weighted by atomic mass is 16.4. The minimum atomic E-state index is -1.71. The lowest BCUT2D eigenvalue weighted by Crippen LogP contribution is -2.61. The number of benzene rings is 2. The van der Waals surface area contributed by atoms with E-state index in [-0.39, 0.29) is 12.3 Å². The lowest BCUT2D eigenvalue weighted by Gasteiger charge is -2.40. The lowest BCUT2D eigenvalue weighted by molar-refractivity contribution is -0.130. The highest BCUT2D eigenvalue weighted by Crippen LogP contribution is 2.26. The Kier molecular flexibility index (Phi) is 7.74. The Morgan fingerprint density at radius 2 is 1.74 bits per heavy atom. The standard InChI is InChI=1S/C25H28BN5O4/c1-17(26(34)35)28-23(32)21(16-18-8-4-2-5-9-18)29-24(33)22-13-15-31(22)25-27-14-12-20(30-25)19-10-6-3-7-11-19/h2-12,14,17,21-22,34-35H,13,15-16H2,1H3,(H,28,32)(H,29,33)/t17?,21-,22-/m0/s1. The van der Waals surface area contributed by atoms with Crippen LogP contribution in [-0.4, -0.2) is 63.5 Å². The Morgan fingerprint density at radius 1 is 1.06 bits per heavy atom. The Labute approximate surface area is 204 Å². The third kappa shape index (κ3) is 6.03. The molecule has 2 heterocycles. The molecule has 1 unspecified atom stereocenters. The molecule has 1 saturated heterocycles. The molecule has 0 spiro atoms. The van der Waals surface area contributed by atoms with Gasteiger partial charge in [-0.25, -0.2) is 9.97 Å².